The van der Waals surface area contributed by atoms with Crippen LogP contribution in [0.5, 0.6) is 0 Å². The predicted molar refractivity (Wildman–Crippen MR) is 64.3 cm³/mol. The van der Waals surface area contributed by atoms with Gasteiger partial charge in [0.25, 0.3) is 0 Å². The number of nitrogens with two attached hydrogens (primary N) is 1. The van der Waals surface area contributed by atoms with Crippen molar-refractivity contribution in [3.05, 3.63) is 0 Å². The minimum absolute atomic E-state index is 0.351. The Balaban J connectivity index is 1.77. The Labute approximate surface area is 98.3 Å². The molecule has 1 saturated heterocycles. The van der Waals surface area contributed by atoms with E-state index in [2.05, 4.69) is 4.90 Å². The predicted octanol–water partition coefficient (Wildman–Crippen LogP) is 1.51. The molecule has 0 aromatic heterocycles. The maximum atomic E-state index is 6.04. The van der Waals surface area contributed by atoms with Crippen LogP contribution in [0.1, 0.15) is 44.9 Å². The van der Waals surface area contributed by atoms with Crippen LogP contribution in [0, 0.1) is 0 Å². The molecule has 3 heteroatoms. The SMILES string of the molecule is NCC1(N2CCOC3CCCCC32)CCC1. The van der Waals surface area contributed by atoms with E-state index in [-0.39, 0.29) is 0 Å². The highest BCUT2D eigenvalue weighted by atomic mass is 16.5. The molecule has 0 radical (unpaired) electrons. The third-order valence-electron chi connectivity index (χ3n) is 5.01. The molecule has 0 aromatic rings. The molecule has 92 valence electrons. The van der Waals surface area contributed by atoms with E-state index in [1.54, 1.807) is 0 Å². The highest BCUT2D eigenvalue weighted by Crippen LogP contribution is 2.42. The van der Waals surface area contributed by atoms with Crippen molar-refractivity contribution in [2.45, 2.75) is 62.6 Å². The number of hydrogen-bond donors (Lipinski definition) is 1. The summed E-state index contributed by atoms with van der Waals surface area (Å²) < 4.78 is 5.94. The van der Waals surface area contributed by atoms with E-state index in [1.807, 2.05) is 0 Å². The summed E-state index contributed by atoms with van der Waals surface area (Å²) in [6.07, 6.45) is 9.82. The minimum Gasteiger partial charge on any atom is -0.375 e. The monoisotopic (exact) mass is 224 g/mol. The Kier molecular flexibility index (Phi) is 2.94. The Hall–Kier alpha value is -0.120. The molecule has 2 atom stereocenters. The van der Waals surface area contributed by atoms with Gasteiger partial charge in [0.1, 0.15) is 0 Å². The Morgan fingerprint density at radius 2 is 2.00 bits per heavy atom. The van der Waals surface area contributed by atoms with Crippen molar-refractivity contribution in [1.29, 1.82) is 0 Å². The maximum absolute atomic E-state index is 6.04. The summed E-state index contributed by atoms with van der Waals surface area (Å²) in [6.45, 7) is 2.87. The van der Waals surface area contributed by atoms with Crippen molar-refractivity contribution in [2.24, 2.45) is 5.73 Å². The number of hydrogen-bond acceptors (Lipinski definition) is 3. The summed E-state index contributed by atoms with van der Waals surface area (Å²) in [5.41, 5.74) is 6.39. The molecule has 2 saturated carbocycles. The molecule has 0 bridgehead atoms. The van der Waals surface area contributed by atoms with E-state index in [0.29, 0.717) is 17.7 Å². The van der Waals surface area contributed by atoms with Crippen LogP contribution in [-0.2, 0) is 4.74 Å². The van der Waals surface area contributed by atoms with Crippen molar-refractivity contribution in [1.82, 2.24) is 4.90 Å². The standard InChI is InChI=1S/C13H24N2O/c14-10-13(6-3-7-13)15-8-9-16-12-5-2-1-4-11(12)15/h11-12H,1-10,14H2. The van der Waals surface area contributed by atoms with Crippen LogP contribution in [-0.4, -0.2) is 42.3 Å². The van der Waals surface area contributed by atoms with Gasteiger partial charge in [0, 0.05) is 24.7 Å². The molecule has 3 rings (SSSR count). The average molecular weight is 224 g/mol. The molecular weight excluding hydrogens is 200 g/mol. The van der Waals surface area contributed by atoms with Crippen molar-refractivity contribution in [3.8, 4) is 0 Å². The van der Waals surface area contributed by atoms with Gasteiger partial charge >= 0.3 is 0 Å². The fourth-order valence-corrected chi connectivity index (χ4v) is 3.88. The Morgan fingerprint density at radius 3 is 2.69 bits per heavy atom. The smallest absolute Gasteiger partial charge is 0.0731 e. The Morgan fingerprint density at radius 1 is 1.19 bits per heavy atom. The molecule has 0 amide bonds. The van der Waals surface area contributed by atoms with Gasteiger partial charge in [-0.2, -0.15) is 0 Å². The second-order valence-electron chi connectivity index (χ2n) is 5.74. The van der Waals surface area contributed by atoms with Crippen LogP contribution < -0.4 is 5.73 Å². The zero-order valence-corrected chi connectivity index (χ0v) is 10.2. The molecule has 3 aliphatic rings. The number of rotatable bonds is 2. The highest BCUT2D eigenvalue weighted by molar-refractivity contribution is 5.04. The highest BCUT2D eigenvalue weighted by Gasteiger charge is 2.47. The van der Waals surface area contributed by atoms with Crippen LogP contribution in [0.25, 0.3) is 0 Å². The average Bonchev–Trinajstić information content (AvgIpc) is 2.29. The van der Waals surface area contributed by atoms with E-state index in [1.165, 1.54) is 44.9 Å². The largest absolute Gasteiger partial charge is 0.375 e. The van der Waals surface area contributed by atoms with Crippen LogP contribution in [0.15, 0.2) is 0 Å². The molecule has 1 heterocycles. The zero-order chi connectivity index (χ0) is 11.0. The van der Waals surface area contributed by atoms with E-state index in [0.717, 1.165) is 19.7 Å². The molecule has 3 nitrogen and oxygen atoms in total. The first-order valence-corrected chi connectivity index (χ1v) is 6.94. The molecular formula is C13H24N2O. The first kappa shape index (κ1) is 11.0. The van der Waals surface area contributed by atoms with Crippen LogP contribution >= 0.6 is 0 Å². The Bertz CT molecular complexity index is 245. The van der Waals surface area contributed by atoms with E-state index < -0.39 is 0 Å². The van der Waals surface area contributed by atoms with Crippen LogP contribution in [0.3, 0.4) is 0 Å². The number of morpholine rings is 1. The van der Waals surface area contributed by atoms with Gasteiger partial charge < -0.3 is 10.5 Å². The third kappa shape index (κ3) is 1.60. The normalized spacial score (nSPS) is 38.8. The fourth-order valence-electron chi connectivity index (χ4n) is 3.88. The van der Waals surface area contributed by atoms with Crippen molar-refractivity contribution >= 4 is 0 Å². The number of fused-ring (bicyclic) bond motifs is 1. The van der Waals surface area contributed by atoms with Gasteiger partial charge in [-0.25, -0.2) is 0 Å². The molecule has 2 aliphatic carbocycles. The lowest BCUT2D eigenvalue weighted by atomic mass is 9.73. The van der Waals surface area contributed by atoms with Crippen LogP contribution in [0.4, 0.5) is 0 Å². The van der Waals surface area contributed by atoms with Crippen LogP contribution in [0.2, 0.25) is 0 Å². The molecule has 3 fully saturated rings. The summed E-state index contributed by atoms with van der Waals surface area (Å²) in [5.74, 6) is 0. The van der Waals surface area contributed by atoms with E-state index in [4.69, 9.17) is 10.5 Å². The minimum atomic E-state index is 0.351. The summed E-state index contributed by atoms with van der Waals surface area (Å²) in [5, 5.41) is 0. The summed E-state index contributed by atoms with van der Waals surface area (Å²) in [7, 11) is 0. The summed E-state index contributed by atoms with van der Waals surface area (Å²) in [6, 6.07) is 0.673. The number of ether oxygens (including phenoxy) is 1. The molecule has 0 spiro atoms. The molecule has 16 heavy (non-hydrogen) atoms. The molecule has 0 aromatic carbocycles. The maximum Gasteiger partial charge on any atom is 0.0731 e. The quantitative estimate of drug-likeness (QED) is 0.772. The van der Waals surface area contributed by atoms with Gasteiger partial charge in [0.2, 0.25) is 0 Å². The lowest BCUT2D eigenvalue weighted by molar-refractivity contribution is -0.142. The lowest BCUT2D eigenvalue weighted by Gasteiger charge is -2.57. The van der Waals surface area contributed by atoms with E-state index in [9.17, 15) is 0 Å². The van der Waals surface area contributed by atoms with Crippen molar-refractivity contribution < 1.29 is 4.74 Å². The number of nitrogens with zero attached hydrogens (tertiary/aromatic N) is 1. The second kappa shape index (κ2) is 4.28. The molecule has 2 N–H and O–H groups in total. The lowest BCUT2D eigenvalue weighted by Crippen LogP contribution is -2.67. The second-order valence-corrected chi connectivity index (χ2v) is 5.74. The zero-order valence-electron chi connectivity index (χ0n) is 10.2. The summed E-state index contributed by atoms with van der Waals surface area (Å²) >= 11 is 0. The van der Waals surface area contributed by atoms with Crippen molar-refractivity contribution in [3.63, 3.8) is 0 Å². The fraction of sp³-hybridized carbons (Fsp3) is 1.00. The topological polar surface area (TPSA) is 38.5 Å². The van der Waals surface area contributed by atoms with E-state index >= 15 is 0 Å². The van der Waals surface area contributed by atoms with Gasteiger partial charge in [-0.05, 0) is 32.1 Å². The molecule has 2 unspecified atom stereocenters. The molecule has 1 aliphatic heterocycles. The van der Waals surface area contributed by atoms with Crippen molar-refractivity contribution in [2.75, 3.05) is 19.7 Å². The van der Waals surface area contributed by atoms with Gasteiger partial charge in [-0.1, -0.05) is 12.8 Å². The van der Waals surface area contributed by atoms with Gasteiger partial charge in [-0.3, -0.25) is 4.90 Å². The first-order valence-electron chi connectivity index (χ1n) is 6.94. The van der Waals surface area contributed by atoms with Gasteiger partial charge in [0.15, 0.2) is 0 Å². The third-order valence-corrected chi connectivity index (χ3v) is 5.01. The summed E-state index contributed by atoms with van der Waals surface area (Å²) in [4.78, 5) is 2.73. The first-order chi connectivity index (χ1) is 7.86. The van der Waals surface area contributed by atoms with Gasteiger partial charge in [-0.15, -0.1) is 0 Å². The van der Waals surface area contributed by atoms with Gasteiger partial charge in [0.05, 0.1) is 12.7 Å².